The summed E-state index contributed by atoms with van der Waals surface area (Å²) in [6.45, 7) is 3.36. The van der Waals surface area contributed by atoms with Crippen molar-refractivity contribution in [3.63, 3.8) is 0 Å². The van der Waals surface area contributed by atoms with E-state index in [4.69, 9.17) is 0 Å². The van der Waals surface area contributed by atoms with Gasteiger partial charge in [0.1, 0.15) is 11.5 Å². The summed E-state index contributed by atoms with van der Waals surface area (Å²) >= 11 is 0. The number of hydrogen-bond donors (Lipinski definition) is 0. The molecule has 1 atom stereocenters. The molecule has 3 aromatic rings. The summed E-state index contributed by atoms with van der Waals surface area (Å²) in [4.78, 5) is 32.4. The molecule has 7 heteroatoms. The number of rotatable bonds is 3. The third-order valence-electron chi connectivity index (χ3n) is 5.19. The molecule has 4 heterocycles. The summed E-state index contributed by atoms with van der Waals surface area (Å²) in [6, 6.07) is 3.60. The van der Waals surface area contributed by atoms with Gasteiger partial charge in [-0.15, -0.1) is 0 Å². The Labute approximate surface area is 158 Å². The van der Waals surface area contributed by atoms with Gasteiger partial charge in [-0.2, -0.15) is 0 Å². The topological polar surface area (TPSA) is 76.8 Å². The normalized spacial score (nSPS) is 17.1. The first-order valence-electron chi connectivity index (χ1n) is 9.14. The lowest BCUT2D eigenvalue weighted by Gasteiger charge is -2.33. The van der Waals surface area contributed by atoms with Crippen LogP contribution in [0.1, 0.15) is 40.6 Å². The minimum atomic E-state index is 0.0228. The first kappa shape index (κ1) is 17.3. The van der Waals surface area contributed by atoms with E-state index in [2.05, 4.69) is 19.9 Å². The lowest BCUT2D eigenvalue weighted by atomic mass is 9.92. The molecule has 4 rings (SSSR count). The van der Waals surface area contributed by atoms with Gasteiger partial charge in [0.2, 0.25) is 0 Å². The summed E-state index contributed by atoms with van der Waals surface area (Å²) in [6.07, 6.45) is 10.5. The largest absolute Gasteiger partial charge is 0.338 e. The molecule has 138 valence electrons. The van der Waals surface area contributed by atoms with Gasteiger partial charge in [-0.3, -0.25) is 19.7 Å². The molecule has 27 heavy (non-hydrogen) atoms. The highest BCUT2D eigenvalue weighted by Crippen LogP contribution is 2.32. The van der Waals surface area contributed by atoms with Crippen molar-refractivity contribution in [2.75, 3.05) is 13.1 Å². The van der Waals surface area contributed by atoms with Crippen LogP contribution in [0.2, 0.25) is 0 Å². The molecule has 1 fully saturated rings. The molecule has 0 saturated carbocycles. The number of carbonyl (C=O) groups excluding carboxylic acids is 1. The molecule has 1 aliphatic rings. The smallest absolute Gasteiger partial charge is 0.255 e. The van der Waals surface area contributed by atoms with Crippen LogP contribution in [-0.4, -0.2) is 48.4 Å². The number of pyridine rings is 1. The van der Waals surface area contributed by atoms with E-state index in [1.54, 1.807) is 30.9 Å². The Balaban J connectivity index is 1.63. The third kappa shape index (κ3) is 3.32. The van der Waals surface area contributed by atoms with Gasteiger partial charge in [-0.25, -0.2) is 4.98 Å². The SMILES string of the molecule is Cc1ncc(-c2nccnc2[C@@H]2CCCN(C(=O)c3cccnc3)C2)n1C. The van der Waals surface area contributed by atoms with E-state index >= 15 is 0 Å². The molecule has 0 radical (unpaired) electrons. The number of aromatic nitrogens is 5. The van der Waals surface area contributed by atoms with Crippen LogP contribution < -0.4 is 0 Å². The number of amides is 1. The van der Waals surface area contributed by atoms with Crippen molar-refractivity contribution in [3.05, 3.63) is 60.2 Å². The maximum Gasteiger partial charge on any atom is 0.255 e. The number of carbonyl (C=O) groups is 1. The zero-order valence-electron chi connectivity index (χ0n) is 15.5. The van der Waals surface area contributed by atoms with Gasteiger partial charge >= 0.3 is 0 Å². The molecule has 0 aromatic carbocycles. The van der Waals surface area contributed by atoms with Crippen LogP contribution in [0.25, 0.3) is 11.4 Å². The highest BCUT2D eigenvalue weighted by molar-refractivity contribution is 5.94. The van der Waals surface area contributed by atoms with Gasteiger partial charge in [0, 0.05) is 50.8 Å². The zero-order valence-corrected chi connectivity index (χ0v) is 15.5. The van der Waals surface area contributed by atoms with Gasteiger partial charge in [0.05, 0.1) is 23.1 Å². The van der Waals surface area contributed by atoms with Gasteiger partial charge in [-0.1, -0.05) is 0 Å². The molecular formula is C20H22N6O. The van der Waals surface area contributed by atoms with Gasteiger partial charge in [0.15, 0.2) is 0 Å². The minimum absolute atomic E-state index is 0.0228. The number of imidazole rings is 1. The first-order valence-corrected chi connectivity index (χ1v) is 9.14. The van der Waals surface area contributed by atoms with Crippen LogP contribution >= 0.6 is 0 Å². The van der Waals surface area contributed by atoms with Crippen molar-refractivity contribution < 1.29 is 4.79 Å². The van der Waals surface area contributed by atoms with Crippen LogP contribution in [0.3, 0.4) is 0 Å². The summed E-state index contributed by atoms with van der Waals surface area (Å²) in [5.41, 5.74) is 3.36. The highest BCUT2D eigenvalue weighted by Gasteiger charge is 2.29. The number of aryl methyl sites for hydroxylation is 1. The van der Waals surface area contributed by atoms with E-state index in [9.17, 15) is 4.79 Å². The van der Waals surface area contributed by atoms with Crippen molar-refractivity contribution in [1.29, 1.82) is 0 Å². The Hall–Kier alpha value is -3.09. The standard InChI is InChI=1S/C20H22N6O/c1-14-24-12-17(25(14)2)19-18(22-8-9-23-19)16-6-4-10-26(13-16)20(27)15-5-3-7-21-11-15/h3,5,7-9,11-12,16H,4,6,10,13H2,1-2H3/t16-/m1/s1. The summed E-state index contributed by atoms with van der Waals surface area (Å²) < 4.78 is 2.02. The van der Waals surface area contributed by atoms with Crippen molar-refractivity contribution in [2.45, 2.75) is 25.7 Å². The molecule has 0 bridgehead atoms. The Kier molecular flexibility index (Phi) is 4.66. The molecule has 3 aromatic heterocycles. The van der Waals surface area contributed by atoms with Gasteiger partial charge in [0.25, 0.3) is 5.91 Å². The van der Waals surface area contributed by atoms with Crippen LogP contribution in [0, 0.1) is 6.92 Å². The third-order valence-corrected chi connectivity index (χ3v) is 5.19. The fraction of sp³-hybridized carbons (Fsp3) is 0.350. The number of hydrogen-bond acceptors (Lipinski definition) is 5. The Morgan fingerprint density at radius 1 is 1.15 bits per heavy atom. The van der Waals surface area contributed by atoms with Crippen LogP contribution in [0.4, 0.5) is 0 Å². The van der Waals surface area contributed by atoms with Crippen LogP contribution in [0.15, 0.2) is 43.1 Å². The van der Waals surface area contributed by atoms with E-state index in [-0.39, 0.29) is 11.8 Å². The van der Waals surface area contributed by atoms with E-state index in [1.807, 2.05) is 35.7 Å². The van der Waals surface area contributed by atoms with E-state index in [0.717, 1.165) is 42.3 Å². The molecule has 0 N–H and O–H groups in total. The van der Waals surface area contributed by atoms with Crippen LogP contribution in [-0.2, 0) is 7.05 Å². The number of piperidine rings is 1. The molecule has 1 saturated heterocycles. The summed E-state index contributed by atoms with van der Waals surface area (Å²) in [7, 11) is 1.98. The van der Waals surface area contributed by atoms with E-state index in [1.165, 1.54) is 0 Å². The van der Waals surface area contributed by atoms with Crippen molar-refractivity contribution in [3.8, 4) is 11.4 Å². The second kappa shape index (κ2) is 7.26. The van der Waals surface area contributed by atoms with Crippen molar-refractivity contribution in [1.82, 2.24) is 29.4 Å². The average Bonchev–Trinajstić information content (AvgIpc) is 3.06. The van der Waals surface area contributed by atoms with E-state index < -0.39 is 0 Å². The number of nitrogens with zero attached hydrogens (tertiary/aromatic N) is 6. The van der Waals surface area contributed by atoms with Crippen LogP contribution in [0.5, 0.6) is 0 Å². The molecular weight excluding hydrogens is 340 g/mol. The molecule has 0 spiro atoms. The second-order valence-electron chi connectivity index (χ2n) is 6.87. The van der Waals surface area contributed by atoms with Gasteiger partial charge in [-0.05, 0) is 31.9 Å². The maximum absolute atomic E-state index is 12.8. The van der Waals surface area contributed by atoms with E-state index in [0.29, 0.717) is 12.1 Å². The van der Waals surface area contributed by atoms with Gasteiger partial charge < -0.3 is 9.47 Å². The maximum atomic E-state index is 12.8. The average molecular weight is 362 g/mol. The Morgan fingerprint density at radius 2 is 2.00 bits per heavy atom. The lowest BCUT2D eigenvalue weighted by molar-refractivity contribution is 0.0705. The molecule has 7 nitrogen and oxygen atoms in total. The summed E-state index contributed by atoms with van der Waals surface area (Å²) in [5, 5.41) is 0. The fourth-order valence-corrected chi connectivity index (χ4v) is 3.62. The zero-order chi connectivity index (χ0) is 18.8. The Morgan fingerprint density at radius 3 is 2.74 bits per heavy atom. The van der Waals surface area contributed by atoms with Crippen molar-refractivity contribution >= 4 is 5.91 Å². The second-order valence-corrected chi connectivity index (χ2v) is 6.87. The Bertz CT molecular complexity index is 952. The number of likely N-dealkylation sites (tertiary alicyclic amines) is 1. The molecule has 0 aliphatic carbocycles. The molecule has 1 amide bonds. The highest BCUT2D eigenvalue weighted by atomic mass is 16.2. The first-order chi connectivity index (χ1) is 13.1. The lowest BCUT2D eigenvalue weighted by Crippen LogP contribution is -2.39. The molecule has 0 unspecified atom stereocenters. The predicted molar refractivity (Wildman–Crippen MR) is 101 cm³/mol. The quantitative estimate of drug-likeness (QED) is 0.716. The minimum Gasteiger partial charge on any atom is -0.338 e. The summed E-state index contributed by atoms with van der Waals surface area (Å²) in [5.74, 6) is 1.10. The predicted octanol–water partition coefficient (Wildman–Crippen LogP) is 2.60. The monoisotopic (exact) mass is 362 g/mol. The van der Waals surface area contributed by atoms with Crippen molar-refractivity contribution in [2.24, 2.45) is 7.05 Å². The fourth-order valence-electron chi connectivity index (χ4n) is 3.62. The molecule has 1 aliphatic heterocycles.